The van der Waals surface area contributed by atoms with Crippen molar-refractivity contribution in [2.75, 3.05) is 30.0 Å². The van der Waals surface area contributed by atoms with Crippen LogP contribution in [0.5, 0.6) is 0 Å². The minimum absolute atomic E-state index is 0.156. The second-order valence-electron chi connectivity index (χ2n) is 3.98. The van der Waals surface area contributed by atoms with Crippen molar-refractivity contribution in [2.45, 2.75) is 4.90 Å². The van der Waals surface area contributed by atoms with Crippen LogP contribution in [0.1, 0.15) is 0 Å². The van der Waals surface area contributed by atoms with Gasteiger partial charge in [0.2, 0.25) is 0 Å². The van der Waals surface area contributed by atoms with Crippen LogP contribution in [0.25, 0.3) is 0 Å². The van der Waals surface area contributed by atoms with Crippen LogP contribution >= 0.6 is 0 Å². The summed E-state index contributed by atoms with van der Waals surface area (Å²) in [6, 6.07) is 4.92. The third-order valence-corrected chi connectivity index (χ3v) is 3.63. The fourth-order valence-corrected chi connectivity index (χ4v) is 2.47. The minimum Gasteiger partial charge on any atom is -0.398 e. The Labute approximate surface area is 108 Å². The van der Waals surface area contributed by atoms with Crippen LogP contribution in [-0.2, 0) is 9.84 Å². The zero-order valence-corrected chi connectivity index (χ0v) is 11.3. The van der Waals surface area contributed by atoms with E-state index in [2.05, 4.69) is 13.2 Å². The second-order valence-corrected chi connectivity index (χ2v) is 5.96. The summed E-state index contributed by atoms with van der Waals surface area (Å²) >= 11 is 0. The molecule has 0 aliphatic rings. The minimum atomic E-state index is -3.28. The molecule has 1 aromatic carbocycles. The Balaban J connectivity index is 3.16. The van der Waals surface area contributed by atoms with E-state index in [-0.39, 0.29) is 10.6 Å². The maximum Gasteiger partial charge on any atom is 0.177 e. The van der Waals surface area contributed by atoms with Crippen LogP contribution in [0.15, 0.2) is 48.4 Å². The Morgan fingerprint density at radius 1 is 1.28 bits per heavy atom. The van der Waals surface area contributed by atoms with Crippen molar-refractivity contribution in [2.24, 2.45) is 0 Å². The number of anilines is 2. The lowest BCUT2D eigenvalue weighted by Crippen LogP contribution is -2.23. The SMILES string of the molecule is C=CCN(CC=C)c1ccc(S(C)(=O)=O)c(N)c1. The molecule has 0 bridgehead atoms. The molecule has 0 radical (unpaired) electrons. The van der Waals surface area contributed by atoms with Crippen molar-refractivity contribution < 1.29 is 8.42 Å². The number of rotatable bonds is 6. The van der Waals surface area contributed by atoms with Crippen LogP contribution in [0.4, 0.5) is 11.4 Å². The van der Waals surface area contributed by atoms with Crippen molar-refractivity contribution in [1.29, 1.82) is 0 Å². The van der Waals surface area contributed by atoms with Gasteiger partial charge in [0.15, 0.2) is 9.84 Å². The Morgan fingerprint density at radius 2 is 1.83 bits per heavy atom. The monoisotopic (exact) mass is 266 g/mol. The van der Waals surface area contributed by atoms with E-state index in [0.717, 1.165) is 11.9 Å². The molecule has 0 saturated carbocycles. The molecule has 98 valence electrons. The van der Waals surface area contributed by atoms with Crippen molar-refractivity contribution in [3.8, 4) is 0 Å². The molecular formula is C13H18N2O2S. The lowest BCUT2D eigenvalue weighted by molar-refractivity contribution is 0.602. The smallest absolute Gasteiger partial charge is 0.177 e. The number of hydrogen-bond acceptors (Lipinski definition) is 4. The summed E-state index contributed by atoms with van der Waals surface area (Å²) in [7, 11) is -3.28. The van der Waals surface area contributed by atoms with E-state index in [4.69, 9.17) is 5.73 Å². The summed E-state index contributed by atoms with van der Waals surface area (Å²) in [5, 5.41) is 0. The summed E-state index contributed by atoms with van der Waals surface area (Å²) in [5.41, 5.74) is 6.88. The Morgan fingerprint density at radius 3 is 2.22 bits per heavy atom. The van der Waals surface area contributed by atoms with E-state index < -0.39 is 9.84 Å². The molecule has 0 saturated heterocycles. The predicted octanol–water partition coefficient (Wildman–Crippen LogP) is 1.85. The molecule has 2 N–H and O–H groups in total. The van der Waals surface area contributed by atoms with Crippen molar-refractivity contribution in [3.05, 3.63) is 43.5 Å². The molecule has 5 heteroatoms. The fraction of sp³-hybridized carbons (Fsp3) is 0.231. The van der Waals surface area contributed by atoms with E-state index in [1.54, 1.807) is 24.3 Å². The van der Waals surface area contributed by atoms with Gasteiger partial charge in [0, 0.05) is 25.0 Å². The van der Waals surface area contributed by atoms with Crippen LogP contribution in [-0.4, -0.2) is 27.8 Å². The highest BCUT2D eigenvalue weighted by Gasteiger charge is 2.13. The molecule has 0 aliphatic heterocycles. The average Bonchev–Trinajstić information content (AvgIpc) is 2.27. The topological polar surface area (TPSA) is 63.4 Å². The van der Waals surface area contributed by atoms with Gasteiger partial charge in [-0.3, -0.25) is 0 Å². The van der Waals surface area contributed by atoms with Gasteiger partial charge in [-0.15, -0.1) is 13.2 Å². The number of hydrogen-bond donors (Lipinski definition) is 1. The molecule has 0 aliphatic carbocycles. The standard InChI is InChI=1S/C13H18N2O2S/c1-4-8-15(9-5-2)11-6-7-13(12(14)10-11)18(3,16)17/h4-7,10H,1-2,8-9,14H2,3H3. The molecule has 0 spiro atoms. The van der Waals surface area contributed by atoms with Gasteiger partial charge in [0.05, 0.1) is 10.6 Å². The Bertz CT molecular complexity index is 540. The molecule has 0 aromatic heterocycles. The first kappa shape index (κ1) is 14.3. The van der Waals surface area contributed by atoms with E-state index in [1.807, 2.05) is 4.90 Å². The maximum absolute atomic E-state index is 11.5. The second kappa shape index (κ2) is 5.73. The fourth-order valence-electron chi connectivity index (χ4n) is 1.67. The zero-order valence-electron chi connectivity index (χ0n) is 10.5. The third kappa shape index (κ3) is 3.37. The molecule has 1 aromatic rings. The predicted molar refractivity (Wildman–Crippen MR) is 76.6 cm³/mol. The number of sulfone groups is 1. The molecule has 0 unspecified atom stereocenters. The van der Waals surface area contributed by atoms with E-state index in [1.165, 1.54) is 6.07 Å². The van der Waals surface area contributed by atoms with Gasteiger partial charge in [0.25, 0.3) is 0 Å². The summed E-state index contributed by atoms with van der Waals surface area (Å²) in [6.45, 7) is 8.65. The van der Waals surface area contributed by atoms with E-state index >= 15 is 0 Å². The number of nitrogen functional groups attached to an aromatic ring is 1. The first-order chi connectivity index (χ1) is 8.40. The number of nitrogens with two attached hydrogens (primary N) is 1. The summed E-state index contributed by atoms with van der Waals surface area (Å²) in [5.74, 6) is 0. The Kier molecular flexibility index (Phi) is 4.55. The molecule has 0 amide bonds. The lowest BCUT2D eigenvalue weighted by atomic mass is 10.2. The average molecular weight is 266 g/mol. The van der Waals surface area contributed by atoms with Gasteiger partial charge in [-0.05, 0) is 18.2 Å². The largest absolute Gasteiger partial charge is 0.398 e. The van der Waals surface area contributed by atoms with Gasteiger partial charge < -0.3 is 10.6 Å². The van der Waals surface area contributed by atoms with Crippen LogP contribution in [0.3, 0.4) is 0 Å². The van der Waals surface area contributed by atoms with E-state index in [0.29, 0.717) is 13.1 Å². The highest BCUT2D eigenvalue weighted by molar-refractivity contribution is 7.90. The van der Waals surface area contributed by atoms with Gasteiger partial charge in [-0.1, -0.05) is 12.2 Å². The summed E-state index contributed by atoms with van der Waals surface area (Å²) in [4.78, 5) is 2.14. The summed E-state index contributed by atoms with van der Waals surface area (Å²) < 4.78 is 22.9. The number of benzene rings is 1. The molecule has 4 nitrogen and oxygen atoms in total. The van der Waals surface area contributed by atoms with Gasteiger partial charge in [-0.25, -0.2) is 8.42 Å². The highest BCUT2D eigenvalue weighted by Crippen LogP contribution is 2.24. The maximum atomic E-state index is 11.5. The normalized spacial score (nSPS) is 10.9. The zero-order chi connectivity index (χ0) is 13.8. The molecular weight excluding hydrogens is 248 g/mol. The molecule has 0 atom stereocenters. The molecule has 0 fully saturated rings. The molecule has 18 heavy (non-hydrogen) atoms. The third-order valence-electron chi connectivity index (χ3n) is 2.46. The number of nitrogens with zero attached hydrogens (tertiary/aromatic N) is 1. The first-order valence-corrected chi connectivity index (χ1v) is 7.35. The van der Waals surface area contributed by atoms with Gasteiger partial charge in [-0.2, -0.15) is 0 Å². The lowest BCUT2D eigenvalue weighted by Gasteiger charge is -2.22. The highest BCUT2D eigenvalue weighted by atomic mass is 32.2. The molecule has 1 rings (SSSR count). The van der Waals surface area contributed by atoms with E-state index in [9.17, 15) is 8.42 Å². The molecule has 0 heterocycles. The Hall–Kier alpha value is -1.75. The van der Waals surface area contributed by atoms with Crippen molar-refractivity contribution in [1.82, 2.24) is 0 Å². The quantitative estimate of drug-likeness (QED) is 0.630. The van der Waals surface area contributed by atoms with Crippen LogP contribution < -0.4 is 10.6 Å². The van der Waals surface area contributed by atoms with Crippen molar-refractivity contribution in [3.63, 3.8) is 0 Å². The van der Waals surface area contributed by atoms with Crippen molar-refractivity contribution >= 4 is 21.2 Å². The van der Waals surface area contributed by atoms with Crippen LogP contribution in [0.2, 0.25) is 0 Å². The first-order valence-electron chi connectivity index (χ1n) is 5.46. The summed E-state index contributed by atoms with van der Waals surface area (Å²) in [6.07, 6.45) is 4.68. The van der Waals surface area contributed by atoms with Gasteiger partial charge in [0.1, 0.15) is 0 Å². The van der Waals surface area contributed by atoms with Gasteiger partial charge >= 0.3 is 0 Å². The van der Waals surface area contributed by atoms with Crippen LogP contribution in [0, 0.1) is 0 Å².